The van der Waals surface area contributed by atoms with Crippen LogP contribution in [0.2, 0.25) is 5.02 Å². The summed E-state index contributed by atoms with van der Waals surface area (Å²) in [5, 5.41) is 10.6. The zero-order chi connectivity index (χ0) is 15.6. The Bertz CT molecular complexity index is 700. The molecule has 5 nitrogen and oxygen atoms in total. The van der Waals surface area contributed by atoms with Gasteiger partial charge in [0.1, 0.15) is 0 Å². The summed E-state index contributed by atoms with van der Waals surface area (Å²) in [6.45, 7) is 0. The summed E-state index contributed by atoms with van der Waals surface area (Å²) >= 11 is 5.88. The van der Waals surface area contributed by atoms with Crippen LogP contribution in [0.3, 0.4) is 0 Å². The number of phenolic OH excluding ortho intramolecular Hbond substituents is 1. The Morgan fingerprint density at radius 2 is 1.86 bits per heavy atom. The third-order valence-corrected chi connectivity index (χ3v) is 3.26. The van der Waals surface area contributed by atoms with Crippen LogP contribution in [0.5, 0.6) is 17.2 Å². The van der Waals surface area contributed by atoms with Crippen LogP contribution >= 0.6 is 11.6 Å². The maximum Gasteiger partial charge on any atom is 0.203 e. The number of carbonyl (C=O) groups excluding carboxylic acids is 1. The van der Waals surface area contributed by atoms with Crippen molar-refractivity contribution >= 4 is 23.1 Å². The Balaban J connectivity index is 2.56. The molecule has 0 aliphatic heterocycles. The van der Waals surface area contributed by atoms with Crippen molar-refractivity contribution in [1.29, 1.82) is 0 Å². The van der Waals surface area contributed by atoms with E-state index in [4.69, 9.17) is 26.8 Å². The van der Waals surface area contributed by atoms with Gasteiger partial charge in [-0.05, 0) is 30.3 Å². The summed E-state index contributed by atoms with van der Waals surface area (Å²) in [7, 11) is 2.81. The molecule has 3 N–H and O–H groups in total. The fourth-order valence-corrected chi connectivity index (χ4v) is 2.14. The molecule has 0 unspecified atom stereocenters. The number of rotatable bonds is 4. The van der Waals surface area contributed by atoms with E-state index in [2.05, 4.69) is 0 Å². The number of phenols is 1. The lowest BCUT2D eigenvalue weighted by atomic mass is 10.0. The number of halogens is 1. The standard InChI is InChI=1S/C15H14ClNO4/c1-20-12-6-4-9(14(19)15(12)21-2)13(18)10-7-8(16)3-5-11(10)17/h3-7,19H,17H2,1-2H3. The first-order valence-corrected chi connectivity index (χ1v) is 6.41. The van der Waals surface area contributed by atoms with E-state index in [0.29, 0.717) is 10.8 Å². The molecule has 0 bridgehead atoms. The van der Waals surface area contributed by atoms with Crippen molar-refractivity contribution in [3.8, 4) is 17.2 Å². The number of hydrogen-bond donors (Lipinski definition) is 2. The first-order valence-electron chi connectivity index (χ1n) is 6.03. The van der Waals surface area contributed by atoms with Crippen molar-refractivity contribution in [2.75, 3.05) is 20.0 Å². The molecule has 0 fully saturated rings. The molecular weight excluding hydrogens is 294 g/mol. The number of carbonyl (C=O) groups is 1. The zero-order valence-electron chi connectivity index (χ0n) is 11.5. The lowest BCUT2D eigenvalue weighted by Crippen LogP contribution is -2.06. The van der Waals surface area contributed by atoms with Crippen LogP contribution in [0.15, 0.2) is 30.3 Å². The van der Waals surface area contributed by atoms with Crippen molar-refractivity contribution in [1.82, 2.24) is 0 Å². The van der Waals surface area contributed by atoms with Gasteiger partial charge in [0.2, 0.25) is 5.75 Å². The van der Waals surface area contributed by atoms with Gasteiger partial charge in [-0.25, -0.2) is 0 Å². The Hall–Kier alpha value is -2.40. The van der Waals surface area contributed by atoms with E-state index in [-0.39, 0.29) is 28.3 Å². The smallest absolute Gasteiger partial charge is 0.203 e. The van der Waals surface area contributed by atoms with Gasteiger partial charge in [-0.2, -0.15) is 0 Å². The van der Waals surface area contributed by atoms with Gasteiger partial charge in [-0.15, -0.1) is 0 Å². The molecule has 0 aromatic heterocycles. The van der Waals surface area contributed by atoms with Crippen LogP contribution in [0.1, 0.15) is 15.9 Å². The Labute approximate surface area is 126 Å². The predicted molar refractivity (Wildman–Crippen MR) is 80.5 cm³/mol. The lowest BCUT2D eigenvalue weighted by molar-refractivity contribution is 0.103. The van der Waals surface area contributed by atoms with Crippen molar-refractivity contribution in [3.63, 3.8) is 0 Å². The van der Waals surface area contributed by atoms with Gasteiger partial charge in [0.05, 0.1) is 19.8 Å². The number of methoxy groups -OCH3 is 2. The van der Waals surface area contributed by atoms with Gasteiger partial charge in [0.15, 0.2) is 17.3 Å². The highest BCUT2D eigenvalue weighted by atomic mass is 35.5. The summed E-state index contributed by atoms with van der Waals surface area (Å²) < 4.78 is 10.1. The largest absolute Gasteiger partial charge is 0.504 e. The molecule has 0 atom stereocenters. The molecule has 21 heavy (non-hydrogen) atoms. The minimum absolute atomic E-state index is 0.0571. The second-order valence-corrected chi connectivity index (χ2v) is 4.69. The number of ketones is 1. The van der Waals surface area contributed by atoms with E-state index in [1.54, 1.807) is 6.07 Å². The van der Waals surface area contributed by atoms with Crippen LogP contribution in [-0.4, -0.2) is 25.1 Å². The molecule has 0 aliphatic rings. The second kappa shape index (κ2) is 5.93. The fourth-order valence-electron chi connectivity index (χ4n) is 1.96. The second-order valence-electron chi connectivity index (χ2n) is 4.26. The zero-order valence-corrected chi connectivity index (χ0v) is 12.3. The van der Waals surface area contributed by atoms with Gasteiger partial charge in [-0.1, -0.05) is 11.6 Å². The van der Waals surface area contributed by atoms with E-state index in [1.165, 1.54) is 38.5 Å². The monoisotopic (exact) mass is 307 g/mol. The summed E-state index contributed by atoms with van der Waals surface area (Å²) in [6, 6.07) is 7.55. The van der Waals surface area contributed by atoms with Gasteiger partial charge in [0, 0.05) is 16.3 Å². The maximum absolute atomic E-state index is 12.5. The predicted octanol–water partition coefficient (Wildman–Crippen LogP) is 2.88. The van der Waals surface area contributed by atoms with Crippen LogP contribution in [0.4, 0.5) is 5.69 Å². The third-order valence-electron chi connectivity index (χ3n) is 3.02. The number of nitrogen functional groups attached to an aromatic ring is 1. The van der Waals surface area contributed by atoms with Crippen LogP contribution in [0.25, 0.3) is 0 Å². The van der Waals surface area contributed by atoms with Crippen LogP contribution < -0.4 is 15.2 Å². The molecule has 0 saturated carbocycles. The van der Waals surface area contributed by atoms with Gasteiger partial charge >= 0.3 is 0 Å². The van der Waals surface area contributed by atoms with Gasteiger partial charge < -0.3 is 20.3 Å². The Morgan fingerprint density at radius 1 is 1.14 bits per heavy atom. The molecule has 0 spiro atoms. The number of anilines is 1. The molecule has 2 rings (SSSR count). The van der Waals surface area contributed by atoms with Crippen molar-refractivity contribution in [2.45, 2.75) is 0 Å². The highest BCUT2D eigenvalue weighted by molar-refractivity contribution is 6.31. The first kappa shape index (κ1) is 15.0. The highest BCUT2D eigenvalue weighted by Gasteiger charge is 2.21. The Morgan fingerprint density at radius 3 is 2.48 bits per heavy atom. The van der Waals surface area contributed by atoms with E-state index in [0.717, 1.165) is 0 Å². The van der Waals surface area contributed by atoms with E-state index in [9.17, 15) is 9.90 Å². The molecule has 0 heterocycles. The number of ether oxygens (including phenoxy) is 2. The number of hydrogen-bond acceptors (Lipinski definition) is 5. The fraction of sp³-hybridized carbons (Fsp3) is 0.133. The van der Waals surface area contributed by atoms with Crippen molar-refractivity contribution < 1.29 is 19.4 Å². The van der Waals surface area contributed by atoms with Crippen molar-refractivity contribution in [3.05, 3.63) is 46.5 Å². The normalized spacial score (nSPS) is 10.2. The van der Waals surface area contributed by atoms with Gasteiger partial charge in [0.25, 0.3) is 0 Å². The lowest BCUT2D eigenvalue weighted by Gasteiger charge is -2.13. The molecule has 6 heteroatoms. The number of aromatic hydroxyl groups is 1. The number of benzene rings is 2. The molecule has 0 radical (unpaired) electrons. The van der Waals surface area contributed by atoms with Crippen LogP contribution in [0, 0.1) is 0 Å². The van der Waals surface area contributed by atoms with E-state index in [1.807, 2.05) is 0 Å². The summed E-state index contributed by atoms with van der Waals surface area (Å²) in [4.78, 5) is 12.5. The van der Waals surface area contributed by atoms with Crippen molar-refractivity contribution in [2.24, 2.45) is 0 Å². The Kier molecular flexibility index (Phi) is 4.23. The minimum atomic E-state index is -0.451. The quantitative estimate of drug-likeness (QED) is 0.670. The minimum Gasteiger partial charge on any atom is -0.504 e. The van der Waals surface area contributed by atoms with E-state index >= 15 is 0 Å². The third kappa shape index (κ3) is 2.73. The molecule has 2 aromatic carbocycles. The molecule has 0 aliphatic carbocycles. The highest BCUT2D eigenvalue weighted by Crippen LogP contribution is 2.40. The average Bonchev–Trinajstić information content (AvgIpc) is 2.48. The van der Waals surface area contributed by atoms with E-state index < -0.39 is 5.78 Å². The molecule has 110 valence electrons. The van der Waals surface area contributed by atoms with Gasteiger partial charge in [-0.3, -0.25) is 4.79 Å². The number of nitrogens with two attached hydrogens (primary N) is 1. The SMILES string of the molecule is COc1ccc(C(=O)c2cc(Cl)ccc2N)c(O)c1OC. The maximum atomic E-state index is 12.5. The van der Waals surface area contributed by atoms with Crippen LogP contribution in [-0.2, 0) is 0 Å². The molecule has 0 saturated heterocycles. The topological polar surface area (TPSA) is 81.8 Å². The first-order chi connectivity index (χ1) is 9.99. The molecule has 2 aromatic rings. The summed E-state index contributed by atoms with van der Waals surface area (Å²) in [5.41, 5.74) is 6.33. The average molecular weight is 308 g/mol. The molecule has 0 amide bonds. The summed E-state index contributed by atoms with van der Waals surface area (Å²) in [6.07, 6.45) is 0. The molecular formula is C15H14ClNO4. The summed E-state index contributed by atoms with van der Waals surface area (Å²) in [5.74, 6) is -0.343.